The lowest BCUT2D eigenvalue weighted by Crippen LogP contribution is -2.40. The molecular weight excluding hydrogens is 681 g/mol. The zero-order valence-electron chi connectivity index (χ0n) is 32.2. The quantitative estimate of drug-likeness (QED) is 0.0859. The number of carbonyl (C=O) groups excluding carboxylic acids is 2. The highest BCUT2D eigenvalue weighted by Crippen LogP contribution is 2.40. The van der Waals surface area contributed by atoms with Gasteiger partial charge in [-0.05, 0) is 99.8 Å². The van der Waals surface area contributed by atoms with Crippen LogP contribution in [-0.4, -0.2) is 22.3 Å². The number of hydrogen-bond acceptors (Lipinski definition) is 4. The average molecular weight is 727 g/mol. The third-order valence-electron chi connectivity index (χ3n) is 10.7. The van der Waals surface area contributed by atoms with Crippen molar-refractivity contribution in [2.45, 2.75) is 65.5 Å². The van der Waals surface area contributed by atoms with Crippen LogP contribution in [0, 0.1) is 0 Å². The molecule has 0 atom stereocenters. The summed E-state index contributed by atoms with van der Waals surface area (Å²) in [4.78, 5) is 33.8. The summed E-state index contributed by atoms with van der Waals surface area (Å²) in [6, 6.07) is 38.6. The predicted octanol–water partition coefficient (Wildman–Crippen LogP) is 9.72. The minimum atomic E-state index is -0.346. The van der Waals surface area contributed by atoms with Gasteiger partial charge in [-0.25, -0.2) is 9.89 Å². The number of carbonyl (C=O) groups is 2. The van der Waals surface area contributed by atoms with Gasteiger partial charge in [0.05, 0.1) is 23.3 Å². The highest BCUT2D eigenvalue weighted by molar-refractivity contribution is 6.36. The van der Waals surface area contributed by atoms with Crippen LogP contribution in [-0.2, 0) is 23.9 Å². The standard InChI is InChI=1S/C47H46N6O2/c1-46(2,3)30-13-21-40-37(24-30)38-25-31(47(4,5)6)14-22-41(38)52(40)32-15-17-33(18-16-32)53-43(54)35-12-8-11-34-39(20-19-36(42(34)35)44(53)55)50-26-28-9-7-10-29(23-28)27-51-45(48)49/h7-25,50H,26-27H2,1-6H3,(H4,48,49,51). The van der Waals surface area contributed by atoms with Crippen LogP contribution < -0.4 is 21.7 Å². The lowest BCUT2D eigenvalue weighted by Gasteiger charge is -2.28. The van der Waals surface area contributed by atoms with Gasteiger partial charge in [0.2, 0.25) is 0 Å². The Hall–Kier alpha value is -6.41. The topological polar surface area (TPSA) is 119 Å². The summed E-state index contributed by atoms with van der Waals surface area (Å²) >= 11 is 0. The number of rotatable bonds is 7. The van der Waals surface area contributed by atoms with Crippen molar-refractivity contribution in [3.05, 3.63) is 149 Å². The molecule has 8 rings (SSSR count). The molecule has 0 saturated heterocycles. The van der Waals surface area contributed by atoms with Gasteiger partial charge in [0.25, 0.3) is 11.8 Å². The second-order valence-electron chi connectivity index (χ2n) is 16.6. The number of aromatic nitrogens is 1. The van der Waals surface area contributed by atoms with E-state index in [9.17, 15) is 9.59 Å². The van der Waals surface area contributed by atoms with E-state index in [1.807, 2.05) is 72.8 Å². The predicted molar refractivity (Wildman–Crippen MR) is 227 cm³/mol. The van der Waals surface area contributed by atoms with E-state index < -0.39 is 0 Å². The maximum absolute atomic E-state index is 14.2. The molecule has 6 aromatic carbocycles. The van der Waals surface area contributed by atoms with Crippen molar-refractivity contribution in [1.29, 1.82) is 0 Å². The summed E-state index contributed by atoms with van der Waals surface area (Å²) in [5.74, 6) is -0.640. The smallest absolute Gasteiger partial charge is 0.265 e. The number of nitrogens with one attached hydrogen (secondary N) is 1. The number of guanidine groups is 1. The van der Waals surface area contributed by atoms with E-state index in [0.717, 1.165) is 38.9 Å². The number of fused-ring (bicyclic) bond motifs is 3. The van der Waals surface area contributed by atoms with Crippen molar-refractivity contribution < 1.29 is 9.59 Å². The lowest BCUT2D eigenvalue weighted by molar-refractivity contribution is 0.0893. The summed E-state index contributed by atoms with van der Waals surface area (Å²) in [5.41, 5.74) is 21.2. The molecule has 5 N–H and O–H groups in total. The van der Waals surface area contributed by atoms with Crippen molar-refractivity contribution in [1.82, 2.24) is 4.57 Å². The molecular formula is C47H46N6O2. The van der Waals surface area contributed by atoms with E-state index in [4.69, 9.17) is 11.5 Å². The maximum atomic E-state index is 14.2. The van der Waals surface area contributed by atoms with Crippen LogP contribution in [0.25, 0.3) is 38.3 Å². The number of hydrogen-bond donors (Lipinski definition) is 3. The number of amides is 2. The molecule has 8 nitrogen and oxygen atoms in total. The highest BCUT2D eigenvalue weighted by atomic mass is 16.2. The fourth-order valence-electron chi connectivity index (χ4n) is 7.69. The molecule has 2 heterocycles. The maximum Gasteiger partial charge on any atom is 0.265 e. The third kappa shape index (κ3) is 6.37. The molecule has 1 aliphatic heterocycles. The highest BCUT2D eigenvalue weighted by Gasteiger charge is 2.34. The average Bonchev–Trinajstić information content (AvgIpc) is 3.48. The molecule has 55 heavy (non-hydrogen) atoms. The minimum Gasteiger partial charge on any atom is -0.380 e. The van der Waals surface area contributed by atoms with Crippen LogP contribution in [0.4, 0.5) is 11.4 Å². The van der Waals surface area contributed by atoms with Crippen LogP contribution in [0.15, 0.2) is 120 Å². The molecule has 0 saturated carbocycles. The number of nitrogens with zero attached hydrogens (tertiary/aromatic N) is 3. The molecule has 276 valence electrons. The van der Waals surface area contributed by atoms with Gasteiger partial charge in [-0.1, -0.05) is 90.1 Å². The fourth-order valence-corrected chi connectivity index (χ4v) is 7.69. The lowest BCUT2D eigenvalue weighted by atomic mass is 9.85. The fraction of sp³-hybridized carbons (Fsp3) is 0.213. The Kier molecular flexibility index (Phi) is 8.52. The monoisotopic (exact) mass is 726 g/mol. The van der Waals surface area contributed by atoms with Crippen molar-refractivity contribution in [3.8, 4) is 5.69 Å². The molecule has 8 heteroatoms. The first-order valence-electron chi connectivity index (χ1n) is 18.7. The van der Waals surface area contributed by atoms with Gasteiger partial charge in [-0.2, -0.15) is 0 Å². The summed E-state index contributed by atoms with van der Waals surface area (Å²) < 4.78 is 2.28. The summed E-state index contributed by atoms with van der Waals surface area (Å²) in [6.07, 6.45) is 0. The third-order valence-corrected chi connectivity index (χ3v) is 10.7. The first-order valence-corrected chi connectivity index (χ1v) is 18.7. The Morgan fingerprint density at radius 2 is 1.18 bits per heavy atom. The van der Waals surface area contributed by atoms with Gasteiger partial charge in [0.1, 0.15) is 0 Å². The van der Waals surface area contributed by atoms with E-state index in [1.165, 1.54) is 26.8 Å². The van der Waals surface area contributed by atoms with Crippen LogP contribution in [0.2, 0.25) is 0 Å². The largest absolute Gasteiger partial charge is 0.380 e. The zero-order valence-corrected chi connectivity index (χ0v) is 32.2. The number of nitrogens with two attached hydrogens (primary N) is 2. The molecule has 2 amide bonds. The van der Waals surface area contributed by atoms with Crippen molar-refractivity contribution >= 4 is 61.7 Å². The second kappa shape index (κ2) is 13.2. The molecule has 0 spiro atoms. The Bertz CT molecular complexity index is 2610. The van der Waals surface area contributed by atoms with Crippen LogP contribution >= 0.6 is 0 Å². The van der Waals surface area contributed by atoms with Crippen molar-refractivity contribution in [2.75, 3.05) is 10.2 Å². The van der Waals surface area contributed by atoms with Crippen LogP contribution in [0.5, 0.6) is 0 Å². The van der Waals surface area contributed by atoms with Gasteiger partial charge in [0.15, 0.2) is 5.96 Å². The molecule has 7 aromatic rings. The Morgan fingerprint density at radius 1 is 0.618 bits per heavy atom. The van der Waals surface area contributed by atoms with E-state index in [1.54, 1.807) is 6.07 Å². The molecule has 0 bridgehead atoms. The molecule has 0 radical (unpaired) electrons. The van der Waals surface area contributed by atoms with Gasteiger partial charge in [-0.15, -0.1) is 0 Å². The van der Waals surface area contributed by atoms with E-state index in [0.29, 0.717) is 35.3 Å². The van der Waals surface area contributed by atoms with Gasteiger partial charge >= 0.3 is 0 Å². The SMILES string of the molecule is CC(C)(C)c1ccc2c(c1)c1cc(C(C)(C)C)ccc1n2-c1ccc(N2C(=O)c3cccc4c(NCc5cccc(CN=C(N)N)c5)ccc(c34)C2=O)cc1. The number of aliphatic imine (C=N–C) groups is 1. The van der Waals surface area contributed by atoms with Crippen molar-refractivity contribution in [2.24, 2.45) is 16.5 Å². The van der Waals surface area contributed by atoms with Crippen LogP contribution in [0.3, 0.4) is 0 Å². The molecule has 0 unspecified atom stereocenters. The second-order valence-corrected chi connectivity index (χ2v) is 16.6. The molecule has 0 fully saturated rings. The first-order chi connectivity index (χ1) is 26.2. The Labute approximate surface area is 321 Å². The first kappa shape index (κ1) is 35.6. The Balaban J connectivity index is 1.12. The Morgan fingerprint density at radius 3 is 1.78 bits per heavy atom. The number of benzene rings is 6. The van der Waals surface area contributed by atoms with Crippen molar-refractivity contribution in [3.63, 3.8) is 0 Å². The molecule has 1 aliphatic rings. The zero-order chi connectivity index (χ0) is 38.8. The number of anilines is 2. The van der Waals surface area contributed by atoms with Gasteiger partial charge in [-0.3, -0.25) is 9.59 Å². The normalized spacial score (nSPS) is 13.2. The van der Waals surface area contributed by atoms with E-state index >= 15 is 0 Å². The number of imide groups is 1. The summed E-state index contributed by atoms with van der Waals surface area (Å²) in [7, 11) is 0. The molecule has 0 aliphatic carbocycles. The van der Waals surface area contributed by atoms with Gasteiger partial charge < -0.3 is 21.4 Å². The van der Waals surface area contributed by atoms with Crippen LogP contribution in [0.1, 0.15) is 84.5 Å². The summed E-state index contributed by atoms with van der Waals surface area (Å²) in [6.45, 7) is 14.4. The van der Waals surface area contributed by atoms with E-state index in [2.05, 4.69) is 92.8 Å². The minimum absolute atomic E-state index is 0.00388. The summed E-state index contributed by atoms with van der Waals surface area (Å²) in [5, 5.41) is 7.40. The molecule has 1 aromatic heterocycles. The van der Waals surface area contributed by atoms with E-state index in [-0.39, 0.29) is 28.6 Å². The van der Waals surface area contributed by atoms with Gasteiger partial charge in [0, 0.05) is 50.6 Å².